The van der Waals surface area contributed by atoms with Gasteiger partial charge in [0.1, 0.15) is 0 Å². The molecule has 0 bridgehead atoms. The first-order valence-corrected chi connectivity index (χ1v) is 12.3. The number of rotatable bonds is 7. The van der Waals surface area contributed by atoms with Crippen molar-refractivity contribution in [3.8, 4) is 11.5 Å². The smallest absolute Gasteiger partial charge is 0.264 e. The molecule has 0 radical (unpaired) electrons. The van der Waals surface area contributed by atoms with Gasteiger partial charge in [0.2, 0.25) is 0 Å². The van der Waals surface area contributed by atoms with E-state index in [0.29, 0.717) is 28.5 Å². The number of nitrogens with one attached hydrogen (secondary N) is 1. The number of allylic oxidation sites excluding steroid dienone is 1. The Hall–Kier alpha value is -3.19. The quantitative estimate of drug-likeness (QED) is 0.424. The Balaban J connectivity index is 1.48. The fraction of sp³-hybridized carbons (Fsp3) is 0.333. The molecule has 0 atom stereocenters. The van der Waals surface area contributed by atoms with Crippen molar-refractivity contribution >= 4 is 35.3 Å². The van der Waals surface area contributed by atoms with Crippen LogP contribution in [0.4, 0.5) is 5.69 Å². The topological polar surface area (TPSA) is 67.9 Å². The first-order chi connectivity index (χ1) is 16.5. The molecule has 0 saturated carbocycles. The fourth-order valence-electron chi connectivity index (χ4n) is 4.20. The Kier molecular flexibility index (Phi) is 7.63. The third kappa shape index (κ3) is 5.30. The summed E-state index contributed by atoms with van der Waals surface area (Å²) < 4.78 is 10.7. The number of carbonyl (C=O) groups excluding carboxylic acids is 2. The van der Waals surface area contributed by atoms with E-state index in [1.165, 1.54) is 30.2 Å². The van der Waals surface area contributed by atoms with Gasteiger partial charge in [0, 0.05) is 24.1 Å². The number of benzene rings is 2. The number of ether oxygens (including phenoxy) is 2. The molecule has 7 heteroatoms. The van der Waals surface area contributed by atoms with Crippen molar-refractivity contribution in [3.63, 3.8) is 0 Å². The van der Waals surface area contributed by atoms with Crippen LogP contribution in [0.25, 0.3) is 6.08 Å². The molecular formula is C27H30N2O4S. The van der Waals surface area contributed by atoms with Crippen LogP contribution in [0.5, 0.6) is 11.5 Å². The summed E-state index contributed by atoms with van der Waals surface area (Å²) >= 11 is 1.40. The van der Waals surface area contributed by atoms with Crippen LogP contribution in [0.3, 0.4) is 0 Å². The minimum atomic E-state index is -0.117. The molecule has 0 unspecified atom stereocenters. The number of fused-ring (bicyclic) bond motifs is 1. The average Bonchev–Trinajstić information content (AvgIpc) is 2.87. The maximum Gasteiger partial charge on any atom is 0.264 e. The van der Waals surface area contributed by atoms with E-state index in [9.17, 15) is 9.59 Å². The van der Waals surface area contributed by atoms with Crippen molar-refractivity contribution in [1.29, 1.82) is 0 Å². The summed E-state index contributed by atoms with van der Waals surface area (Å²) in [6.45, 7) is 0.628. The number of methoxy groups -OCH3 is 2. The van der Waals surface area contributed by atoms with Crippen LogP contribution in [0.15, 0.2) is 57.8 Å². The van der Waals surface area contributed by atoms with Gasteiger partial charge in [0.25, 0.3) is 11.8 Å². The van der Waals surface area contributed by atoms with Gasteiger partial charge in [-0.25, -0.2) is 0 Å². The maximum absolute atomic E-state index is 13.1. The highest BCUT2D eigenvalue weighted by molar-refractivity contribution is 8.04. The van der Waals surface area contributed by atoms with E-state index in [2.05, 4.69) is 11.4 Å². The van der Waals surface area contributed by atoms with E-state index in [1.54, 1.807) is 32.2 Å². The molecule has 6 nitrogen and oxygen atoms in total. The minimum Gasteiger partial charge on any atom is -0.493 e. The third-order valence-corrected chi connectivity index (χ3v) is 7.22. The zero-order chi connectivity index (χ0) is 24.1. The molecule has 2 amide bonds. The van der Waals surface area contributed by atoms with Gasteiger partial charge < -0.3 is 19.7 Å². The average molecular weight is 479 g/mol. The lowest BCUT2D eigenvalue weighted by Gasteiger charge is -2.27. The van der Waals surface area contributed by atoms with Crippen molar-refractivity contribution < 1.29 is 19.1 Å². The highest BCUT2D eigenvalue weighted by atomic mass is 32.2. The Bertz CT molecular complexity index is 1160. The monoisotopic (exact) mass is 478 g/mol. The second-order valence-corrected chi connectivity index (χ2v) is 9.47. The van der Waals surface area contributed by atoms with Gasteiger partial charge in [-0.3, -0.25) is 9.59 Å². The van der Waals surface area contributed by atoms with Crippen molar-refractivity contribution in [2.24, 2.45) is 0 Å². The van der Waals surface area contributed by atoms with Crippen molar-refractivity contribution in [1.82, 2.24) is 5.32 Å². The van der Waals surface area contributed by atoms with Crippen molar-refractivity contribution in [2.75, 3.05) is 32.7 Å². The summed E-state index contributed by atoms with van der Waals surface area (Å²) in [5, 5.41) is 3.02. The normalized spacial score (nSPS) is 16.7. The number of amides is 2. The van der Waals surface area contributed by atoms with Gasteiger partial charge in [-0.05, 0) is 74.1 Å². The summed E-state index contributed by atoms with van der Waals surface area (Å²) in [4.78, 5) is 28.9. The molecule has 1 aliphatic heterocycles. The Morgan fingerprint density at radius 1 is 1.12 bits per heavy atom. The Labute approximate surface area is 205 Å². The fourth-order valence-corrected chi connectivity index (χ4v) is 5.29. The van der Waals surface area contributed by atoms with Gasteiger partial charge in [-0.1, -0.05) is 29.5 Å². The second-order valence-electron chi connectivity index (χ2n) is 8.39. The molecule has 1 aliphatic carbocycles. The molecule has 2 aromatic rings. The third-order valence-electron chi connectivity index (χ3n) is 6.14. The molecule has 2 aliphatic rings. The first-order valence-electron chi connectivity index (χ1n) is 11.5. The molecule has 2 aromatic carbocycles. The number of nitrogens with zero attached hydrogens (tertiary/aromatic N) is 1. The number of thioether (sulfide) groups is 1. The molecule has 0 spiro atoms. The Morgan fingerprint density at radius 3 is 2.68 bits per heavy atom. The van der Waals surface area contributed by atoms with Crippen molar-refractivity contribution in [2.45, 2.75) is 37.0 Å². The molecule has 1 N–H and O–H groups in total. The number of carbonyl (C=O) groups is 2. The summed E-state index contributed by atoms with van der Waals surface area (Å²) in [6, 6.07) is 11.1. The number of hydrogen-bond acceptors (Lipinski definition) is 5. The largest absolute Gasteiger partial charge is 0.493 e. The molecular weight excluding hydrogens is 448 g/mol. The number of anilines is 1. The Morgan fingerprint density at radius 2 is 1.94 bits per heavy atom. The molecule has 178 valence electrons. The molecule has 0 saturated heterocycles. The van der Waals surface area contributed by atoms with E-state index in [1.807, 2.05) is 36.4 Å². The van der Waals surface area contributed by atoms with E-state index < -0.39 is 0 Å². The van der Waals surface area contributed by atoms with E-state index >= 15 is 0 Å². The van der Waals surface area contributed by atoms with Crippen LogP contribution in [0.1, 0.15) is 48.0 Å². The molecule has 0 aromatic heterocycles. The van der Waals surface area contributed by atoms with E-state index in [4.69, 9.17) is 9.47 Å². The highest BCUT2D eigenvalue weighted by Crippen LogP contribution is 2.42. The van der Waals surface area contributed by atoms with Gasteiger partial charge in [0.05, 0.1) is 24.8 Å². The second kappa shape index (κ2) is 10.8. The lowest BCUT2D eigenvalue weighted by molar-refractivity contribution is -0.114. The summed E-state index contributed by atoms with van der Waals surface area (Å²) in [7, 11) is 4.91. The van der Waals surface area contributed by atoms with Crippen molar-refractivity contribution in [3.05, 3.63) is 64.1 Å². The van der Waals surface area contributed by atoms with Crippen LogP contribution < -0.4 is 19.7 Å². The van der Waals surface area contributed by atoms with E-state index in [-0.39, 0.29) is 11.8 Å². The molecule has 1 heterocycles. The van der Waals surface area contributed by atoms with Crippen LogP contribution >= 0.6 is 11.8 Å². The summed E-state index contributed by atoms with van der Waals surface area (Å²) in [5.74, 6) is 1.01. The SMILES string of the molecule is COc1ccc(C=C2Sc3ccc(C(=O)NCCC4=CCCCC4)cc3N(C)C2=O)cc1OC. The van der Waals surface area contributed by atoms with Gasteiger partial charge in [-0.2, -0.15) is 0 Å². The number of likely N-dealkylation sites (N-methyl/N-ethyl adjacent to an activating group) is 1. The summed E-state index contributed by atoms with van der Waals surface area (Å²) in [5.41, 5.74) is 3.58. The lowest BCUT2D eigenvalue weighted by Crippen LogP contribution is -2.31. The number of hydrogen-bond donors (Lipinski definition) is 1. The van der Waals surface area contributed by atoms with Gasteiger partial charge in [-0.15, -0.1) is 0 Å². The predicted octanol–water partition coefficient (Wildman–Crippen LogP) is 5.43. The van der Waals surface area contributed by atoms with Crippen LogP contribution in [-0.2, 0) is 4.79 Å². The zero-order valence-electron chi connectivity index (χ0n) is 19.8. The molecule has 4 rings (SSSR count). The molecule has 0 fully saturated rings. The zero-order valence-corrected chi connectivity index (χ0v) is 20.7. The van der Waals surface area contributed by atoms with Crippen LogP contribution in [-0.4, -0.2) is 39.6 Å². The highest BCUT2D eigenvalue weighted by Gasteiger charge is 2.27. The van der Waals surface area contributed by atoms with Crippen LogP contribution in [0.2, 0.25) is 0 Å². The molecule has 34 heavy (non-hydrogen) atoms. The maximum atomic E-state index is 13.1. The summed E-state index contributed by atoms with van der Waals surface area (Å²) in [6.07, 6.45) is 9.84. The van der Waals surface area contributed by atoms with Gasteiger partial charge >= 0.3 is 0 Å². The standard InChI is InChI=1S/C27H30N2O4S/c1-29-21-17-20(26(30)28-14-13-18-7-5-4-6-8-18)10-12-24(21)34-25(27(29)31)16-19-9-11-22(32-2)23(15-19)33-3/h7,9-12,15-17H,4-6,8,13-14H2,1-3H3,(H,28,30). The van der Waals surface area contributed by atoms with Crippen LogP contribution in [0, 0.1) is 0 Å². The lowest BCUT2D eigenvalue weighted by atomic mass is 9.97. The first kappa shape index (κ1) is 24.0. The van der Waals surface area contributed by atoms with E-state index in [0.717, 1.165) is 35.4 Å². The predicted molar refractivity (Wildman–Crippen MR) is 137 cm³/mol. The van der Waals surface area contributed by atoms with Gasteiger partial charge in [0.15, 0.2) is 11.5 Å². The minimum absolute atomic E-state index is 0.114.